The van der Waals surface area contributed by atoms with E-state index in [1.807, 2.05) is 6.92 Å². The summed E-state index contributed by atoms with van der Waals surface area (Å²) in [6, 6.07) is 22.4. The first-order valence-corrected chi connectivity index (χ1v) is 11.6. The molecule has 0 heterocycles. The molecule has 168 valence electrons. The number of hydrazone groups is 1. The van der Waals surface area contributed by atoms with E-state index in [0.717, 1.165) is 16.7 Å². The Hall–Kier alpha value is -3.80. The summed E-state index contributed by atoms with van der Waals surface area (Å²) in [5.41, 5.74) is 6.60. The fraction of sp³-hybridized carbons (Fsp3) is 0.160. The van der Waals surface area contributed by atoms with Crippen molar-refractivity contribution in [2.45, 2.75) is 25.3 Å². The lowest BCUT2D eigenvalue weighted by Crippen LogP contribution is -2.26. The number of carbonyl (C=O) groups excluding carboxylic acids is 1. The lowest BCUT2D eigenvalue weighted by atomic mass is 10.1. The molecule has 0 fully saturated rings. The summed E-state index contributed by atoms with van der Waals surface area (Å²) in [7, 11) is -2.09. The number of nitriles is 1. The number of rotatable bonds is 7. The molecule has 0 unspecified atom stereocenters. The van der Waals surface area contributed by atoms with Crippen molar-refractivity contribution in [2.24, 2.45) is 5.10 Å². The van der Waals surface area contributed by atoms with Gasteiger partial charge in [0.2, 0.25) is 10.0 Å². The van der Waals surface area contributed by atoms with Crippen LogP contribution in [0.15, 0.2) is 82.8 Å². The lowest BCUT2D eigenvalue weighted by Gasteiger charge is -2.17. The van der Waals surface area contributed by atoms with E-state index in [0.29, 0.717) is 16.8 Å². The predicted octanol–water partition coefficient (Wildman–Crippen LogP) is 3.84. The van der Waals surface area contributed by atoms with Gasteiger partial charge in [0.15, 0.2) is 0 Å². The van der Waals surface area contributed by atoms with E-state index in [1.54, 1.807) is 79.7 Å². The van der Waals surface area contributed by atoms with Crippen LogP contribution in [0.25, 0.3) is 0 Å². The monoisotopic (exact) mass is 460 g/mol. The van der Waals surface area contributed by atoms with Crippen LogP contribution >= 0.6 is 0 Å². The number of nitrogens with one attached hydrogen (secondary N) is 1. The summed E-state index contributed by atoms with van der Waals surface area (Å²) in [4.78, 5) is 12.7. The van der Waals surface area contributed by atoms with Crippen molar-refractivity contribution in [3.05, 3.63) is 101 Å². The maximum atomic E-state index is 12.8. The zero-order valence-corrected chi connectivity index (χ0v) is 19.4. The van der Waals surface area contributed by atoms with Gasteiger partial charge in [-0.3, -0.25) is 4.79 Å². The fourth-order valence-electron chi connectivity index (χ4n) is 3.04. The minimum Gasteiger partial charge on any atom is -0.267 e. The van der Waals surface area contributed by atoms with E-state index in [9.17, 15) is 13.2 Å². The molecule has 1 amide bonds. The minimum atomic E-state index is -3.61. The highest BCUT2D eigenvalue weighted by atomic mass is 32.2. The maximum absolute atomic E-state index is 12.8. The Kier molecular flexibility index (Phi) is 7.38. The molecule has 3 rings (SSSR count). The van der Waals surface area contributed by atoms with Gasteiger partial charge in [-0.15, -0.1) is 0 Å². The van der Waals surface area contributed by atoms with Crippen LogP contribution in [0.4, 0.5) is 0 Å². The number of hydrogen-bond donors (Lipinski definition) is 1. The van der Waals surface area contributed by atoms with Crippen LogP contribution < -0.4 is 5.43 Å². The summed E-state index contributed by atoms with van der Waals surface area (Å²) >= 11 is 0. The molecule has 33 heavy (non-hydrogen) atoms. The van der Waals surface area contributed by atoms with Crippen molar-refractivity contribution < 1.29 is 13.2 Å². The Bertz CT molecular complexity index is 1310. The third kappa shape index (κ3) is 5.92. The second kappa shape index (κ2) is 10.2. The highest BCUT2D eigenvalue weighted by molar-refractivity contribution is 7.89. The topological polar surface area (TPSA) is 103 Å². The SMILES string of the molecule is CC(=NNC(=O)c1ccc(CN(C)S(=O)(=O)c2ccc(C)cc2)cc1)c1ccc(C#N)cc1. The van der Waals surface area contributed by atoms with Gasteiger partial charge >= 0.3 is 0 Å². The van der Waals surface area contributed by atoms with Crippen molar-refractivity contribution in [3.63, 3.8) is 0 Å². The van der Waals surface area contributed by atoms with Gasteiger partial charge in [0.05, 0.1) is 22.2 Å². The van der Waals surface area contributed by atoms with E-state index in [2.05, 4.69) is 16.6 Å². The third-order valence-corrected chi connectivity index (χ3v) is 6.93. The first kappa shape index (κ1) is 23.9. The summed E-state index contributed by atoms with van der Waals surface area (Å²) in [6.45, 7) is 3.83. The number of carbonyl (C=O) groups is 1. The molecule has 0 saturated carbocycles. The number of hydrogen-bond acceptors (Lipinski definition) is 5. The van der Waals surface area contributed by atoms with Gasteiger partial charge < -0.3 is 0 Å². The van der Waals surface area contributed by atoms with Crippen molar-refractivity contribution in [1.29, 1.82) is 5.26 Å². The van der Waals surface area contributed by atoms with E-state index >= 15 is 0 Å². The first-order valence-electron chi connectivity index (χ1n) is 10.2. The molecule has 3 aromatic carbocycles. The number of amides is 1. The highest BCUT2D eigenvalue weighted by Gasteiger charge is 2.20. The molecule has 3 aromatic rings. The van der Waals surface area contributed by atoms with E-state index < -0.39 is 10.0 Å². The average molecular weight is 461 g/mol. The molecule has 0 aliphatic heterocycles. The number of benzene rings is 3. The van der Waals surface area contributed by atoms with Gasteiger partial charge in [0, 0.05) is 19.2 Å². The molecule has 0 bridgehead atoms. The average Bonchev–Trinajstić information content (AvgIpc) is 2.83. The third-order valence-electron chi connectivity index (χ3n) is 5.11. The Morgan fingerprint density at radius 2 is 1.55 bits per heavy atom. The van der Waals surface area contributed by atoms with Crippen LogP contribution in [-0.4, -0.2) is 31.4 Å². The Morgan fingerprint density at radius 3 is 2.12 bits per heavy atom. The van der Waals surface area contributed by atoms with Gasteiger partial charge in [0.1, 0.15) is 0 Å². The Morgan fingerprint density at radius 1 is 0.970 bits per heavy atom. The van der Waals surface area contributed by atoms with Crippen LogP contribution in [-0.2, 0) is 16.6 Å². The minimum absolute atomic E-state index is 0.175. The molecule has 7 nitrogen and oxygen atoms in total. The molecule has 1 N–H and O–H groups in total. The van der Waals surface area contributed by atoms with Crippen molar-refractivity contribution in [2.75, 3.05) is 7.05 Å². The number of sulfonamides is 1. The molecule has 0 spiro atoms. The summed E-state index contributed by atoms with van der Waals surface area (Å²) in [5, 5.41) is 13.0. The molecule has 8 heteroatoms. The molecule has 0 saturated heterocycles. The quantitative estimate of drug-likeness (QED) is 0.427. The standard InChI is InChI=1S/C25H24N4O3S/c1-18-4-14-24(15-5-18)33(31,32)29(3)17-21-8-12-23(13-9-21)25(30)28-27-19(2)22-10-6-20(16-26)7-11-22/h4-15H,17H2,1-3H3,(H,28,30). The number of aryl methyl sites for hydroxylation is 1. The number of nitrogens with zero attached hydrogens (tertiary/aromatic N) is 3. The summed E-state index contributed by atoms with van der Waals surface area (Å²) < 4.78 is 26.8. The van der Waals surface area contributed by atoms with Crippen LogP contribution in [0, 0.1) is 18.3 Å². The van der Waals surface area contributed by atoms with E-state index in [-0.39, 0.29) is 17.3 Å². The molecule has 0 aliphatic rings. The van der Waals surface area contributed by atoms with E-state index in [4.69, 9.17) is 5.26 Å². The molecule has 0 aliphatic carbocycles. The molecule has 0 radical (unpaired) electrons. The summed E-state index contributed by atoms with van der Waals surface area (Å²) in [6.07, 6.45) is 0. The van der Waals surface area contributed by atoms with Crippen molar-refractivity contribution >= 4 is 21.6 Å². The Labute approximate surface area is 194 Å². The lowest BCUT2D eigenvalue weighted by molar-refractivity contribution is 0.0955. The second-order valence-corrected chi connectivity index (χ2v) is 9.64. The first-order chi connectivity index (χ1) is 15.7. The molecule has 0 atom stereocenters. The molecular formula is C25H24N4O3S. The van der Waals surface area contributed by atoms with Gasteiger partial charge in [0.25, 0.3) is 5.91 Å². The van der Waals surface area contributed by atoms with Crippen LogP contribution in [0.2, 0.25) is 0 Å². The van der Waals surface area contributed by atoms with Gasteiger partial charge in [-0.25, -0.2) is 13.8 Å². The largest absolute Gasteiger partial charge is 0.271 e. The Balaban J connectivity index is 1.63. The highest BCUT2D eigenvalue weighted by Crippen LogP contribution is 2.18. The van der Waals surface area contributed by atoms with Gasteiger partial charge in [-0.1, -0.05) is 42.0 Å². The smallest absolute Gasteiger partial charge is 0.267 e. The molecule has 0 aromatic heterocycles. The van der Waals surface area contributed by atoms with Crippen molar-refractivity contribution in [3.8, 4) is 6.07 Å². The van der Waals surface area contributed by atoms with Gasteiger partial charge in [-0.05, 0) is 61.4 Å². The van der Waals surface area contributed by atoms with Crippen LogP contribution in [0.3, 0.4) is 0 Å². The van der Waals surface area contributed by atoms with Crippen molar-refractivity contribution in [1.82, 2.24) is 9.73 Å². The predicted molar refractivity (Wildman–Crippen MR) is 127 cm³/mol. The normalized spacial score (nSPS) is 11.8. The molecular weight excluding hydrogens is 436 g/mol. The fourth-order valence-corrected chi connectivity index (χ4v) is 4.20. The maximum Gasteiger partial charge on any atom is 0.271 e. The zero-order chi connectivity index (χ0) is 24.0. The van der Waals surface area contributed by atoms with E-state index in [1.165, 1.54) is 11.4 Å². The van der Waals surface area contributed by atoms with Gasteiger partial charge in [-0.2, -0.15) is 14.7 Å². The second-order valence-electron chi connectivity index (χ2n) is 7.60. The summed E-state index contributed by atoms with van der Waals surface area (Å²) in [5.74, 6) is -0.379. The zero-order valence-electron chi connectivity index (χ0n) is 18.6. The van der Waals surface area contributed by atoms with Crippen LogP contribution in [0.1, 0.15) is 39.5 Å². The van der Waals surface area contributed by atoms with Crippen LogP contribution in [0.5, 0.6) is 0 Å².